The molecule has 1 aliphatic heterocycles. The lowest BCUT2D eigenvalue weighted by molar-refractivity contribution is 0.0950. The van der Waals surface area contributed by atoms with E-state index in [9.17, 15) is 9.59 Å². The number of aryl methyl sites for hydroxylation is 3. The fraction of sp³-hybridized carbons (Fsp3) is 0.406. The van der Waals surface area contributed by atoms with Crippen LogP contribution in [0, 0.1) is 13.8 Å². The van der Waals surface area contributed by atoms with Gasteiger partial charge in [0.15, 0.2) is 0 Å². The quantitative estimate of drug-likeness (QED) is 0.316. The summed E-state index contributed by atoms with van der Waals surface area (Å²) in [6.07, 6.45) is 5.63. The summed E-state index contributed by atoms with van der Waals surface area (Å²) < 4.78 is 7.81. The van der Waals surface area contributed by atoms with Crippen LogP contribution in [0.1, 0.15) is 66.0 Å². The second kappa shape index (κ2) is 11.7. The third-order valence-corrected chi connectivity index (χ3v) is 7.75. The van der Waals surface area contributed by atoms with Crippen LogP contribution in [0.3, 0.4) is 0 Å². The summed E-state index contributed by atoms with van der Waals surface area (Å²) in [4.78, 5) is 36.5. The van der Waals surface area contributed by atoms with Gasteiger partial charge in [0.2, 0.25) is 0 Å². The van der Waals surface area contributed by atoms with Crippen molar-refractivity contribution in [3.63, 3.8) is 0 Å². The Hall–Kier alpha value is -3.91. The number of hydrogen-bond donors (Lipinski definition) is 2. The number of amides is 1. The number of anilines is 1. The molecule has 1 aromatic carbocycles. The lowest BCUT2D eigenvalue weighted by Crippen LogP contribution is -2.37. The Balaban J connectivity index is 1.60. The number of pyridine rings is 2. The zero-order valence-corrected chi connectivity index (χ0v) is 24.1. The molecule has 8 heteroatoms. The van der Waals surface area contributed by atoms with Crippen molar-refractivity contribution in [2.75, 3.05) is 31.2 Å². The van der Waals surface area contributed by atoms with Crippen LogP contribution in [0.5, 0.6) is 0 Å². The van der Waals surface area contributed by atoms with Gasteiger partial charge in [-0.3, -0.25) is 9.59 Å². The molecule has 3 aromatic heterocycles. The number of aromatic nitrogens is 3. The maximum Gasteiger partial charge on any atom is 0.253 e. The molecule has 4 aromatic rings. The van der Waals surface area contributed by atoms with E-state index >= 15 is 0 Å². The van der Waals surface area contributed by atoms with Crippen molar-refractivity contribution in [2.24, 2.45) is 0 Å². The van der Waals surface area contributed by atoms with Gasteiger partial charge in [0.1, 0.15) is 5.82 Å². The molecule has 210 valence electrons. The van der Waals surface area contributed by atoms with Crippen molar-refractivity contribution in [3.8, 4) is 11.1 Å². The van der Waals surface area contributed by atoms with Gasteiger partial charge in [0.25, 0.3) is 11.5 Å². The maximum atomic E-state index is 13.8. The lowest BCUT2D eigenvalue weighted by atomic mass is 9.94. The number of aromatic amines is 1. The minimum Gasteiger partial charge on any atom is -0.378 e. The largest absolute Gasteiger partial charge is 0.378 e. The minimum absolute atomic E-state index is 0.143. The highest BCUT2D eigenvalue weighted by atomic mass is 16.5. The Bertz CT molecular complexity index is 1590. The molecule has 1 saturated heterocycles. The first-order valence-corrected chi connectivity index (χ1v) is 14.2. The van der Waals surface area contributed by atoms with Crippen LogP contribution in [-0.4, -0.2) is 46.7 Å². The average molecular weight is 542 g/mol. The SMILES string of the molecule is CCCc1cc(C)[nH]c(=O)c1CNC(=O)c1cc(-c2cccnc2N2CCOCC2)c2ccn(C(C)C)c2c1C. The molecule has 1 aliphatic rings. The smallest absolute Gasteiger partial charge is 0.253 e. The summed E-state index contributed by atoms with van der Waals surface area (Å²) in [5.41, 5.74) is 6.80. The highest BCUT2D eigenvalue weighted by Gasteiger charge is 2.23. The summed E-state index contributed by atoms with van der Waals surface area (Å²) in [6, 6.07) is 10.4. The van der Waals surface area contributed by atoms with E-state index in [2.05, 4.69) is 58.9 Å². The van der Waals surface area contributed by atoms with Gasteiger partial charge >= 0.3 is 0 Å². The Morgan fingerprint density at radius 3 is 2.65 bits per heavy atom. The summed E-state index contributed by atoms with van der Waals surface area (Å²) in [7, 11) is 0. The summed E-state index contributed by atoms with van der Waals surface area (Å²) >= 11 is 0. The van der Waals surface area contributed by atoms with Crippen molar-refractivity contribution in [1.82, 2.24) is 19.9 Å². The Morgan fingerprint density at radius 1 is 1.15 bits per heavy atom. The van der Waals surface area contributed by atoms with Crippen molar-refractivity contribution < 1.29 is 9.53 Å². The molecule has 0 aliphatic carbocycles. The van der Waals surface area contributed by atoms with E-state index in [-0.39, 0.29) is 24.1 Å². The Labute approximate surface area is 235 Å². The number of ether oxygens (including phenoxy) is 1. The molecule has 1 amide bonds. The molecule has 40 heavy (non-hydrogen) atoms. The fourth-order valence-corrected chi connectivity index (χ4v) is 5.78. The Kier molecular flexibility index (Phi) is 8.07. The van der Waals surface area contributed by atoms with Crippen LogP contribution in [0.2, 0.25) is 0 Å². The van der Waals surface area contributed by atoms with Crippen LogP contribution >= 0.6 is 0 Å². The highest BCUT2D eigenvalue weighted by Crippen LogP contribution is 2.38. The van der Waals surface area contributed by atoms with Gasteiger partial charge in [-0.15, -0.1) is 0 Å². The summed E-state index contributed by atoms with van der Waals surface area (Å²) in [6.45, 7) is 13.3. The number of H-pyrrole nitrogens is 1. The van der Waals surface area contributed by atoms with Gasteiger partial charge in [-0.1, -0.05) is 13.3 Å². The number of morpholine rings is 1. The number of nitrogens with one attached hydrogen (secondary N) is 2. The molecule has 0 saturated carbocycles. The van der Waals surface area contributed by atoms with Gasteiger partial charge in [0.05, 0.1) is 18.7 Å². The molecule has 5 rings (SSSR count). The molecule has 1 fully saturated rings. The normalized spacial score (nSPS) is 13.8. The van der Waals surface area contributed by atoms with Gasteiger partial charge in [-0.05, 0) is 81.1 Å². The number of fused-ring (bicyclic) bond motifs is 1. The topological polar surface area (TPSA) is 92.2 Å². The van der Waals surface area contributed by atoms with Crippen LogP contribution in [0.25, 0.3) is 22.0 Å². The summed E-state index contributed by atoms with van der Waals surface area (Å²) in [5, 5.41) is 4.16. The molecular formula is C32H39N5O3. The van der Waals surface area contributed by atoms with E-state index in [0.29, 0.717) is 24.3 Å². The number of carbonyl (C=O) groups excluding carboxylic acids is 1. The summed E-state index contributed by atoms with van der Waals surface area (Å²) in [5.74, 6) is 0.700. The average Bonchev–Trinajstić information content (AvgIpc) is 3.40. The number of nitrogens with zero attached hydrogens (tertiary/aromatic N) is 3. The molecular weight excluding hydrogens is 502 g/mol. The first kappa shape index (κ1) is 27.6. The van der Waals surface area contributed by atoms with Gasteiger partial charge in [-0.25, -0.2) is 4.98 Å². The van der Waals surface area contributed by atoms with Crippen LogP contribution in [0.15, 0.2) is 47.5 Å². The third kappa shape index (κ3) is 5.28. The first-order valence-electron chi connectivity index (χ1n) is 14.2. The van der Waals surface area contributed by atoms with Gasteiger partial charge < -0.3 is 24.5 Å². The molecule has 0 atom stereocenters. The van der Waals surface area contributed by atoms with Crippen molar-refractivity contribution >= 4 is 22.6 Å². The van der Waals surface area contributed by atoms with E-state index < -0.39 is 0 Å². The van der Waals surface area contributed by atoms with Crippen molar-refractivity contribution in [2.45, 2.75) is 60.0 Å². The van der Waals surface area contributed by atoms with E-state index in [4.69, 9.17) is 9.72 Å². The van der Waals surface area contributed by atoms with Gasteiger partial charge in [-0.2, -0.15) is 0 Å². The minimum atomic E-state index is -0.198. The molecule has 8 nitrogen and oxygen atoms in total. The third-order valence-electron chi connectivity index (χ3n) is 7.75. The van der Waals surface area contributed by atoms with E-state index in [1.165, 1.54) is 0 Å². The monoisotopic (exact) mass is 541 g/mol. The zero-order chi connectivity index (χ0) is 28.4. The number of hydrogen-bond acceptors (Lipinski definition) is 5. The Morgan fingerprint density at radius 2 is 1.93 bits per heavy atom. The standard InChI is InChI=1S/C32H39N5O3/c1-6-8-23-17-21(4)35-32(39)28(23)19-34-31(38)26-18-27(24-10-12-37(20(2)3)29(24)22(26)5)25-9-7-11-33-30(25)36-13-15-40-16-14-36/h7,9-12,17-18,20H,6,8,13-16,19H2,1-5H3,(H,34,38)(H,35,39). The second-order valence-corrected chi connectivity index (χ2v) is 10.9. The van der Waals surface area contributed by atoms with E-state index in [1.54, 1.807) is 0 Å². The maximum absolute atomic E-state index is 13.8. The van der Waals surface area contributed by atoms with Gasteiger partial charge in [0, 0.05) is 65.8 Å². The molecule has 0 bridgehead atoms. The number of benzene rings is 1. The zero-order valence-electron chi connectivity index (χ0n) is 24.1. The van der Waals surface area contributed by atoms with Crippen LogP contribution in [0.4, 0.5) is 5.82 Å². The highest BCUT2D eigenvalue weighted by molar-refractivity contribution is 6.07. The number of rotatable bonds is 8. The molecule has 2 N–H and O–H groups in total. The predicted octanol–water partition coefficient (Wildman–Crippen LogP) is 5.31. The molecule has 0 unspecified atom stereocenters. The number of carbonyl (C=O) groups is 1. The van der Waals surface area contributed by atoms with Crippen molar-refractivity contribution in [1.29, 1.82) is 0 Å². The molecule has 0 spiro atoms. The van der Waals surface area contributed by atoms with E-state index in [0.717, 1.165) is 70.6 Å². The first-order chi connectivity index (χ1) is 19.3. The molecule has 0 radical (unpaired) electrons. The van der Waals surface area contributed by atoms with E-state index in [1.807, 2.05) is 38.2 Å². The van der Waals surface area contributed by atoms with Crippen LogP contribution < -0.4 is 15.8 Å². The van der Waals surface area contributed by atoms with Crippen LogP contribution in [-0.2, 0) is 17.7 Å². The second-order valence-electron chi connectivity index (χ2n) is 10.9. The fourth-order valence-electron chi connectivity index (χ4n) is 5.78. The predicted molar refractivity (Wildman–Crippen MR) is 160 cm³/mol. The molecule has 4 heterocycles. The lowest BCUT2D eigenvalue weighted by Gasteiger charge is -2.29. The van der Waals surface area contributed by atoms with Crippen molar-refractivity contribution in [3.05, 3.63) is 81.0 Å².